The van der Waals surface area contributed by atoms with Crippen molar-refractivity contribution < 1.29 is 14.3 Å². The summed E-state index contributed by atoms with van der Waals surface area (Å²) >= 11 is 2.16. The second-order valence-electron chi connectivity index (χ2n) is 3.47. The Morgan fingerprint density at radius 1 is 1.38 bits per heavy atom. The van der Waals surface area contributed by atoms with Gasteiger partial charge in [-0.15, -0.1) is 0 Å². The van der Waals surface area contributed by atoms with E-state index in [2.05, 4.69) is 29.5 Å². The molecule has 94 valence electrons. The van der Waals surface area contributed by atoms with Crippen LogP contribution >= 0.6 is 22.6 Å². The first-order valence-electron chi connectivity index (χ1n) is 5.78. The average Bonchev–Trinajstić information content (AvgIpc) is 2.26. The van der Waals surface area contributed by atoms with Gasteiger partial charge >= 0.3 is 5.97 Å². The highest BCUT2D eigenvalue weighted by Crippen LogP contribution is 2.09. The number of hydrogen-bond acceptors (Lipinski definition) is 3. The van der Waals surface area contributed by atoms with Crippen LogP contribution in [0.5, 0.6) is 0 Å². The van der Waals surface area contributed by atoms with Crippen LogP contribution in [-0.4, -0.2) is 25.3 Å². The lowest BCUT2D eigenvalue weighted by atomic mass is 10.1. The summed E-state index contributed by atoms with van der Waals surface area (Å²) in [5.74, 6) is -0.287. The van der Waals surface area contributed by atoms with Crippen LogP contribution in [0.1, 0.15) is 39.5 Å². The van der Waals surface area contributed by atoms with Crippen molar-refractivity contribution in [1.29, 1.82) is 0 Å². The Hall–Kier alpha value is -0.100. The van der Waals surface area contributed by atoms with Crippen LogP contribution in [0.15, 0.2) is 10.2 Å². The van der Waals surface area contributed by atoms with Crippen LogP contribution in [0.2, 0.25) is 0 Å². The lowest BCUT2D eigenvalue weighted by Gasteiger charge is -2.13. The second kappa shape index (κ2) is 11.4. The maximum absolute atomic E-state index is 11.1. The molecule has 0 saturated carbocycles. The normalized spacial score (nSPS) is 12.9. The molecule has 0 aromatic heterocycles. The van der Waals surface area contributed by atoms with Gasteiger partial charge in [0.15, 0.2) is 0 Å². The summed E-state index contributed by atoms with van der Waals surface area (Å²) in [5.41, 5.74) is 0. The zero-order valence-electron chi connectivity index (χ0n) is 10.1. The minimum absolute atomic E-state index is 0.0351. The summed E-state index contributed by atoms with van der Waals surface area (Å²) in [5, 5.41) is 0. The molecule has 16 heavy (non-hydrogen) atoms. The zero-order valence-corrected chi connectivity index (χ0v) is 12.2. The van der Waals surface area contributed by atoms with Gasteiger partial charge < -0.3 is 9.47 Å². The zero-order chi connectivity index (χ0) is 12.2. The monoisotopic (exact) mass is 340 g/mol. The SMILES string of the molecule is CCCCCC(/C=C\I)OCC(=O)OCC. The molecule has 0 bridgehead atoms. The predicted molar refractivity (Wildman–Crippen MR) is 73.7 cm³/mol. The summed E-state index contributed by atoms with van der Waals surface area (Å²) in [6.45, 7) is 4.42. The molecule has 1 atom stereocenters. The van der Waals surface area contributed by atoms with Gasteiger partial charge in [0.25, 0.3) is 0 Å². The minimum Gasteiger partial charge on any atom is -0.464 e. The van der Waals surface area contributed by atoms with E-state index in [9.17, 15) is 4.79 Å². The van der Waals surface area contributed by atoms with E-state index in [0.29, 0.717) is 6.61 Å². The molecule has 0 radical (unpaired) electrons. The van der Waals surface area contributed by atoms with E-state index in [1.54, 1.807) is 6.92 Å². The van der Waals surface area contributed by atoms with Crippen LogP contribution < -0.4 is 0 Å². The molecule has 0 rings (SSSR count). The van der Waals surface area contributed by atoms with Crippen molar-refractivity contribution in [3.8, 4) is 0 Å². The van der Waals surface area contributed by atoms with Gasteiger partial charge in [0.1, 0.15) is 6.61 Å². The molecule has 0 amide bonds. The molecule has 0 aliphatic carbocycles. The van der Waals surface area contributed by atoms with E-state index < -0.39 is 0 Å². The first kappa shape index (κ1) is 15.9. The average molecular weight is 340 g/mol. The molecule has 0 fully saturated rings. The Morgan fingerprint density at radius 2 is 2.12 bits per heavy atom. The summed E-state index contributed by atoms with van der Waals surface area (Å²) in [6, 6.07) is 0. The summed E-state index contributed by atoms with van der Waals surface area (Å²) in [7, 11) is 0. The van der Waals surface area contributed by atoms with E-state index >= 15 is 0 Å². The molecular weight excluding hydrogens is 319 g/mol. The van der Waals surface area contributed by atoms with Crippen molar-refractivity contribution in [2.75, 3.05) is 13.2 Å². The highest BCUT2D eigenvalue weighted by molar-refractivity contribution is 14.1. The topological polar surface area (TPSA) is 35.5 Å². The first-order chi connectivity index (χ1) is 7.74. The third-order valence-electron chi connectivity index (χ3n) is 2.10. The second-order valence-corrected chi connectivity index (χ2v) is 4.19. The van der Waals surface area contributed by atoms with E-state index in [-0.39, 0.29) is 18.7 Å². The molecule has 0 heterocycles. The van der Waals surface area contributed by atoms with Gasteiger partial charge in [-0.2, -0.15) is 0 Å². The van der Waals surface area contributed by atoms with E-state index in [1.807, 2.05) is 10.2 Å². The number of carbonyl (C=O) groups excluding carboxylic acids is 1. The predicted octanol–water partition coefficient (Wildman–Crippen LogP) is 3.46. The van der Waals surface area contributed by atoms with Crippen molar-refractivity contribution in [3.05, 3.63) is 10.2 Å². The Kier molecular flexibility index (Phi) is 11.3. The lowest BCUT2D eigenvalue weighted by molar-refractivity contribution is -0.149. The summed E-state index contributed by atoms with van der Waals surface area (Å²) < 4.78 is 12.2. The van der Waals surface area contributed by atoms with Crippen LogP contribution in [-0.2, 0) is 14.3 Å². The smallest absolute Gasteiger partial charge is 0.332 e. The van der Waals surface area contributed by atoms with Gasteiger partial charge in [0.2, 0.25) is 0 Å². The minimum atomic E-state index is -0.287. The lowest BCUT2D eigenvalue weighted by Crippen LogP contribution is -2.18. The number of esters is 1. The number of unbranched alkanes of at least 4 members (excludes halogenated alkanes) is 2. The van der Waals surface area contributed by atoms with E-state index in [1.165, 1.54) is 12.8 Å². The third kappa shape index (κ3) is 9.15. The maximum Gasteiger partial charge on any atom is 0.332 e. The first-order valence-corrected chi connectivity index (χ1v) is 7.03. The van der Waals surface area contributed by atoms with Gasteiger partial charge in [0, 0.05) is 0 Å². The fourth-order valence-electron chi connectivity index (χ4n) is 1.29. The fraction of sp³-hybridized carbons (Fsp3) is 0.750. The fourth-order valence-corrected chi connectivity index (χ4v) is 1.75. The molecule has 0 aliphatic rings. The molecule has 0 aromatic rings. The number of halogens is 1. The molecule has 0 N–H and O–H groups in total. The van der Waals surface area contributed by atoms with Crippen LogP contribution in [0.3, 0.4) is 0 Å². The third-order valence-corrected chi connectivity index (χ3v) is 2.52. The number of rotatable bonds is 9. The molecular formula is C12H21IO3. The number of hydrogen-bond donors (Lipinski definition) is 0. The van der Waals surface area contributed by atoms with Gasteiger partial charge in [-0.3, -0.25) is 0 Å². The maximum atomic E-state index is 11.1. The van der Waals surface area contributed by atoms with Crippen molar-refractivity contribution in [1.82, 2.24) is 0 Å². The molecule has 3 nitrogen and oxygen atoms in total. The Morgan fingerprint density at radius 3 is 2.69 bits per heavy atom. The largest absolute Gasteiger partial charge is 0.464 e. The van der Waals surface area contributed by atoms with E-state index in [4.69, 9.17) is 9.47 Å². The summed E-state index contributed by atoms with van der Waals surface area (Å²) in [4.78, 5) is 11.1. The Balaban J connectivity index is 3.79. The molecule has 0 spiro atoms. The van der Waals surface area contributed by atoms with Gasteiger partial charge in [0.05, 0.1) is 12.7 Å². The number of ether oxygens (including phenoxy) is 2. The van der Waals surface area contributed by atoms with E-state index in [0.717, 1.165) is 12.8 Å². The van der Waals surface area contributed by atoms with Crippen molar-refractivity contribution in [3.63, 3.8) is 0 Å². The van der Waals surface area contributed by atoms with Crippen LogP contribution in [0, 0.1) is 0 Å². The number of carbonyl (C=O) groups is 1. The van der Waals surface area contributed by atoms with Crippen LogP contribution in [0.4, 0.5) is 0 Å². The highest BCUT2D eigenvalue weighted by atomic mass is 127. The summed E-state index contributed by atoms with van der Waals surface area (Å²) in [6.07, 6.45) is 6.51. The Bertz CT molecular complexity index is 204. The molecule has 4 heteroatoms. The van der Waals surface area contributed by atoms with Gasteiger partial charge in [-0.25, -0.2) is 4.79 Å². The standard InChI is InChI=1S/C12H21IO3/c1-3-5-6-7-11(8-9-13)16-10-12(14)15-4-2/h8-9,11H,3-7,10H2,1-2H3/b9-8-. The van der Waals surface area contributed by atoms with Crippen molar-refractivity contribution in [2.24, 2.45) is 0 Å². The molecule has 0 saturated heterocycles. The quantitative estimate of drug-likeness (QED) is 0.366. The highest BCUT2D eigenvalue weighted by Gasteiger charge is 2.08. The van der Waals surface area contributed by atoms with Gasteiger partial charge in [-0.1, -0.05) is 48.8 Å². The van der Waals surface area contributed by atoms with Crippen molar-refractivity contribution in [2.45, 2.75) is 45.6 Å². The van der Waals surface area contributed by atoms with Gasteiger partial charge in [-0.05, 0) is 23.5 Å². The molecule has 0 aliphatic heterocycles. The molecule has 1 unspecified atom stereocenters. The van der Waals surface area contributed by atoms with Crippen LogP contribution in [0.25, 0.3) is 0 Å². The Labute approximate surface area is 112 Å². The molecule has 0 aromatic carbocycles. The van der Waals surface area contributed by atoms with Crippen molar-refractivity contribution >= 4 is 28.6 Å².